The predicted octanol–water partition coefficient (Wildman–Crippen LogP) is 0.0891. The summed E-state index contributed by atoms with van der Waals surface area (Å²) in [5.74, 6) is 0. The predicted molar refractivity (Wildman–Crippen MR) is 86.6 cm³/mol. The number of hydrogen-bond acceptors (Lipinski definition) is 6. The molecule has 0 amide bonds. The number of sulfone groups is 1. The number of sulfonamides is 1. The van der Waals surface area contributed by atoms with E-state index < -0.39 is 19.9 Å². The van der Waals surface area contributed by atoms with Crippen LogP contribution in [0.3, 0.4) is 0 Å². The van der Waals surface area contributed by atoms with Gasteiger partial charge in [0.2, 0.25) is 10.0 Å². The fourth-order valence-electron chi connectivity index (χ4n) is 2.52. The monoisotopic (exact) mass is 362 g/mol. The van der Waals surface area contributed by atoms with E-state index in [9.17, 15) is 16.8 Å². The molecule has 2 rings (SSSR count). The molecule has 0 saturated carbocycles. The minimum absolute atomic E-state index is 0.189. The van der Waals surface area contributed by atoms with E-state index in [0.29, 0.717) is 19.8 Å². The molecule has 130 valence electrons. The summed E-state index contributed by atoms with van der Waals surface area (Å²) in [6, 6.07) is 5.28. The lowest BCUT2D eigenvalue weighted by molar-refractivity contribution is 0.0354. The Labute approximate surface area is 137 Å². The van der Waals surface area contributed by atoms with Crippen LogP contribution in [0.2, 0.25) is 0 Å². The van der Waals surface area contributed by atoms with Gasteiger partial charge < -0.3 is 4.74 Å². The fourth-order valence-corrected chi connectivity index (χ4v) is 5.38. The third kappa shape index (κ3) is 4.98. The van der Waals surface area contributed by atoms with Crippen LogP contribution in [0.1, 0.15) is 6.92 Å². The SMILES string of the molecule is CC(CN1CCOCC1)NS(=O)(=O)c1ccccc1S(C)(=O)=O. The minimum atomic E-state index is -3.91. The largest absolute Gasteiger partial charge is 0.379 e. The van der Waals surface area contributed by atoms with Gasteiger partial charge in [0.25, 0.3) is 0 Å². The van der Waals surface area contributed by atoms with Crippen molar-refractivity contribution in [2.75, 3.05) is 39.1 Å². The molecule has 0 radical (unpaired) electrons. The average molecular weight is 362 g/mol. The van der Waals surface area contributed by atoms with Gasteiger partial charge in [-0.3, -0.25) is 4.90 Å². The van der Waals surface area contributed by atoms with Gasteiger partial charge in [0.05, 0.1) is 18.1 Å². The Kier molecular flexibility index (Phi) is 5.79. The highest BCUT2D eigenvalue weighted by atomic mass is 32.2. The normalized spacial score (nSPS) is 18.7. The van der Waals surface area contributed by atoms with E-state index in [2.05, 4.69) is 9.62 Å². The lowest BCUT2D eigenvalue weighted by Crippen LogP contribution is -2.46. The van der Waals surface area contributed by atoms with Crippen LogP contribution in [0.5, 0.6) is 0 Å². The number of nitrogens with zero attached hydrogens (tertiary/aromatic N) is 1. The fraction of sp³-hybridized carbons (Fsp3) is 0.571. The first-order valence-electron chi connectivity index (χ1n) is 7.31. The number of morpholine rings is 1. The van der Waals surface area contributed by atoms with Gasteiger partial charge in [0, 0.05) is 31.9 Å². The van der Waals surface area contributed by atoms with Gasteiger partial charge in [-0.2, -0.15) is 0 Å². The molecule has 1 fully saturated rings. The molecule has 1 aliphatic heterocycles. The van der Waals surface area contributed by atoms with Crippen LogP contribution < -0.4 is 4.72 Å². The van der Waals surface area contributed by atoms with Crippen molar-refractivity contribution in [1.82, 2.24) is 9.62 Å². The molecule has 0 spiro atoms. The molecule has 9 heteroatoms. The number of rotatable bonds is 6. The van der Waals surface area contributed by atoms with E-state index in [4.69, 9.17) is 4.74 Å². The van der Waals surface area contributed by atoms with Crippen molar-refractivity contribution < 1.29 is 21.6 Å². The Hall–Kier alpha value is -1.00. The van der Waals surface area contributed by atoms with Crippen molar-refractivity contribution in [3.05, 3.63) is 24.3 Å². The van der Waals surface area contributed by atoms with Crippen LogP contribution in [0.25, 0.3) is 0 Å². The highest BCUT2D eigenvalue weighted by molar-refractivity contribution is 7.93. The highest BCUT2D eigenvalue weighted by Crippen LogP contribution is 2.20. The van der Waals surface area contributed by atoms with Crippen LogP contribution in [0, 0.1) is 0 Å². The molecule has 1 saturated heterocycles. The molecule has 1 atom stereocenters. The zero-order valence-corrected chi connectivity index (χ0v) is 14.9. The summed E-state index contributed by atoms with van der Waals surface area (Å²) < 4.78 is 56.5. The molecule has 1 aliphatic rings. The van der Waals surface area contributed by atoms with Crippen molar-refractivity contribution in [2.45, 2.75) is 22.8 Å². The summed E-state index contributed by atoms with van der Waals surface area (Å²) in [5.41, 5.74) is 0. The van der Waals surface area contributed by atoms with Gasteiger partial charge in [0.1, 0.15) is 4.90 Å². The van der Waals surface area contributed by atoms with Crippen molar-refractivity contribution in [3.8, 4) is 0 Å². The third-order valence-electron chi connectivity index (χ3n) is 3.53. The summed E-state index contributed by atoms with van der Waals surface area (Å²) in [6.07, 6.45) is 0.999. The molecule has 23 heavy (non-hydrogen) atoms. The maximum atomic E-state index is 12.5. The maximum Gasteiger partial charge on any atom is 0.242 e. The number of nitrogens with one attached hydrogen (secondary N) is 1. The van der Waals surface area contributed by atoms with Crippen molar-refractivity contribution in [2.24, 2.45) is 0 Å². The Morgan fingerprint density at radius 1 is 1.13 bits per heavy atom. The first kappa shape index (κ1) is 18.3. The zero-order valence-electron chi connectivity index (χ0n) is 13.2. The lowest BCUT2D eigenvalue weighted by Gasteiger charge is -2.29. The lowest BCUT2D eigenvalue weighted by atomic mass is 10.3. The molecule has 0 aromatic heterocycles. The zero-order chi connectivity index (χ0) is 17.1. The van der Waals surface area contributed by atoms with Gasteiger partial charge in [-0.1, -0.05) is 12.1 Å². The smallest absolute Gasteiger partial charge is 0.242 e. The molecule has 1 unspecified atom stereocenters. The molecule has 1 aromatic rings. The summed E-state index contributed by atoms with van der Waals surface area (Å²) in [7, 11) is -7.54. The summed E-state index contributed by atoms with van der Waals surface area (Å²) in [4.78, 5) is 1.71. The second kappa shape index (κ2) is 7.27. The first-order valence-corrected chi connectivity index (χ1v) is 10.7. The van der Waals surface area contributed by atoms with E-state index in [1.165, 1.54) is 24.3 Å². The Bertz CT molecular complexity index is 740. The van der Waals surface area contributed by atoms with E-state index in [1.807, 2.05) is 0 Å². The van der Waals surface area contributed by atoms with E-state index in [1.54, 1.807) is 6.92 Å². The number of benzene rings is 1. The van der Waals surface area contributed by atoms with Gasteiger partial charge in [-0.25, -0.2) is 21.6 Å². The van der Waals surface area contributed by atoms with Crippen LogP contribution in [-0.4, -0.2) is 66.9 Å². The van der Waals surface area contributed by atoms with Crippen molar-refractivity contribution in [1.29, 1.82) is 0 Å². The molecule has 0 bridgehead atoms. The molecule has 0 aliphatic carbocycles. The van der Waals surface area contributed by atoms with Crippen LogP contribution in [0.15, 0.2) is 34.1 Å². The molecular formula is C14H22N2O5S2. The van der Waals surface area contributed by atoms with Crippen LogP contribution in [0.4, 0.5) is 0 Å². The minimum Gasteiger partial charge on any atom is -0.379 e. The standard InChI is InChI=1S/C14H22N2O5S2/c1-12(11-16-7-9-21-10-8-16)15-23(19,20)14-6-4-3-5-13(14)22(2,17)18/h3-6,12,15H,7-11H2,1-2H3. The second-order valence-electron chi connectivity index (χ2n) is 5.65. The number of ether oxygens (including phenoxy) is 1. The third-order valence-corrected chi connectivity index (χ3v) is 6.46. The van der Waals surface area contributed by atoms with E-state index >= 15 is 0 Å². The summed E-state index contributed by atoms with van der Waals surface area (Å²) >= 11 is 0. The van der Waals surface area contributed by atoms with Gasteiger partial charge >= 0.3 is 0 Å². The second-order valence-corrected chi connectivity index (χ2v) is 9.32. The van der Waals surface area contributed by atoms with Gasteiger partial charge in [-0.15, -0.1) is 0 Å². The molecule has 1 heterocycles. The average Bonchev–Trinajstić information content (AvgIpc) is 2.46. The van der Waals surface area contributed by atoms with Crippen LogP contribution in [-0.2, 0) is 24.6 Å². The quantitative estimate of drug-likeness (QED) is 0.771. The molecule has 1 N–H and O–H groups in total. The molecule has 7 nitrogen and oxygen atoms in total. The van der Waals surface area contributed by atoms with Gasteiger partial charge in [0.15, 0.2) is 9.84 Å². The molecular weight excluding hydrogens is 340 g/mol. The highest BCUT2D eigenvalue weighted by Gasteiger charge is 2.25. The van der Waals surface area contributed by atoms with E-state index in [-0.39, 0.29) is 15.8 Å². The Morgan fingerprint density at radius 3 is 2.26 bits per heavy atom. The maximum absolute atomic E-state index is 12.5. The van der Waals surface area contributed by atoms with E-state index in [0.717, 1.165) is 19.3 Å². The first-order chi connectivity index (χ1) is 10.7. The van der Waals surface area contributed by atoms with Crippen LogP contribution >= 0.6 is 0 Å². The summed E-state index contributed by atoms with van der Waals surface area (Å²) in [6.45, 7) is 5.09. The Balaban J connectivity index is 2.16. The topological polar surface area (TPSA) is 92.8 Å². The van der Waals surface area contributed by atoms with Crippen molar-refractivity contribution in [3.63, 3.8) is 0 Å². The number of hydrogen-bond donors (Lipinski definition) is 1. The molecule has 1 aromatic carbocycles. The Morgan fingerprint density at radius 2 is 1.70 bits per heavy atom. The van der Waals surface area contributed by atoms with Crippen molar-refractivity contribution >= 4 is 19.9 Å². The summed E-state index contributed by atoms with van der Waals surface area (Å²) in [5, 5.41) is 0. The van der Waals surface area contributed by atoms with Gasteiger partial charge in [-0.05, 0) is 19.1 Å².